The van der Waals surface area contributed by atoms with Gasteiger partial charge in [-0.05, 0) is 55.5 Å². The van der Waals surface area contributed by atoms with E-state index in [2.05, 4.69) is 10.4 Å². The lowest BCUT2D eigenvalue weighted by Crippen LogP contribution is -2.20. The molecule has 0 radical (unpaired) electrons. The molecule has 24 heavy (non-hydrogen) atoms. The Hall–Kier alpha value is -2.87. The fourth-order valence-corrected chi connectivity index (χ4v) is 2.68. The second-order valence-electron chi connectivity index (χ2n) is 5.14. The summed E-state index contributed by atoms with van der Waals surface area (Å²) in [5.74, 6) is 1.23. The molecule has 0 unspecified atom stereocenters. The number of amides is 1. The van der Waals surface area contributed by atoms with Gasteiger partial charge in [-0.15, -0.1) is 0 Å². The van der Waals surface area contributed by atoms with E-state index in [0.717, 1.165) is 5.75 Å². The Morgan fingerprint density at radius 3 is 2.54 bits per heavy atom. The monoisotopic (exact) mass is 343 g/mol. The van der Waals surface area contributed by atoms with Crippen molar-refractivity contribution in [2.24, 2.45) is 0 Å². The third-order valence-electron chi connectivity index (χ3n) is 3.46. The van der Waals surface area contributed by atoms with Crippen molar-refractivity contribution in [1.29, 1.82) is 0 Å². The van der Waals surface area contributed by atoms with Crippen molar-refractivity contribution in [3.63, 3.8) is 0 Å². The standard InChI is InChI=1S/C16H17N5O2S/c1-12-18-20(16(24)21(12)19-9-3-4-10-19)11-15(22)17-13-5-7-14(23-2)8-6-13/h3-10H,11H2,1-2H3,(H,17,22). The first-order chi connectivity index (χ1) is 11.6. The first kappa shape index (κ1) is 16.0. The van der Waals surface area contributed by atoms with Crippen LogP contribution in [0.2, 0.25) is 0 Å². The highest BCUT2D eigenvalue weighted by Gasteiger charge is 2.11. The van der Waals surface area contributed by atoms with E-state index in [1.165, 1.54) is 4.68 Å². The molecular formula is C16H17N5O2S. The van der Waals surface area contributed by atoms with Gasteiger partial charge in [0.1, 0.15) is 18.1 Å². The van der Waals surface area contributed by atoms with Gasteiger partial charge in [-0.25, -0.2) is 9.36 Å². The van der Waals surface area contributed by atoms with Crippen molar-refractivity contribution in [1.82, 2.24) is 19.1 Å². The number of rotatable bonds is 5. The molecule has 8 heteroatoms. The van der Waals surface area contributed by atoms with E-state index in [1.807, 2.05) is 36.1 Å². The summed E-state index contributed by atoms with van der Waals surface area (Å²) in [5, 5.41) is 7.16. The topological polar surface area (TPSA) is 66.0 Å². The van der Waals surface area contributed by atoms with Gasteiger partial charge in [0.25, 0.3) is 0 Å². The van der Waals surface area contributed by atoms with Crippen molar-refractivity contribution >= 4 is 23.8 Å². The molecule has 0 aliphatic heterocycles. The summed E-state index contributed by atoms with van der Waals surface area (Å²) in [6.07, 6.45) is 3.73. The molecule has 0 aliphatic carbocycles. The van der Waals surface area contributed by atoms with Crippen LogP contribution in [0.5, 0.6) is 5.75 Å². The van der Waals surface area contributed by atoms with Gasteiger partial charge in [-0.1, -0.05) is 0 Å². The van der Waals surface area contributed by atoms with Crippen LogP contribution in [0.4, 0.5) is 5.69 Å². The third-order valence-corrected chi connectivity index (χ3v) is 3.84. The second kappa shape index (κ2) is 6.71. The third kappa shape index (κ3) is 3.23. The highest BCUT2D eigenvalue weighted by Crippen LogP contribution is 2.15. The quantitative estimate of drug-likeness (QED) is 0.723. The Labute approximate surface area is 144 Å². The first-order valence-corrected chi connectivity index (χ1v) is 7.73. The Balaban J connectivity index is 1.75. The maximum atomic E-state index is 12.2. The molecule has 2 aromatic heterocycles. The number of benzene rings is 1. The van der Waals surface area contributed by atoms with Gasteiger partial charge in [-0.3, -0.25) is 9.47 Å². The number of carbonyl (C=O) groups excluding carboxylic acids is 1. The van der Waals surface area contributed by atoms with Crippen LogP contribution in [-0.4, -0.2) is 32.1 Å². The number of carbonyl (C=O) groups is 1. The number of anilines is 1. The van der Waals surface area contributed by atoms with E-state index in [4.69, 9.17) is 17.0 Å². The van der Waals surface area contributed by atoms with Crippen LogP contribution in [-0.2, 0) is 11.3 Å². The van der Waals surface area contributed by atoms with Crippen molar-refractivity contribution in [3.8, 4) is 5.75 Å². The lowest BCUT2D eigenvalue weighted by Gasteiger charge is -2.06. The molecule has 0 saturated heterocycles. The van der Waals surface area contributed by atoms with E-state index in [0.29, 0.717) is 16.3 Å². The van der Waals surface area contributed by atoms with Crippen LogP contribution in [0.25, 0.3) is 0 Å². The maximum Gasteiger partial charge on any atom is 0.246 e. The molecule has 1 N–H and O–H groups in total. The summed E-state index contributed by atoms with van der Waals surface area (Å²) < 4.78 is 10.6. The van der Waals surface area contributed by atoms with E-state index in [9.17, 15) is 4.79 Å². The first-order valence-electron chi connectivity index (χ1n) is 7.32. The Morgan fingerprint density at radius 2 is 1.92 bits per heavy atom. The number of nitrogens with zero attached hydrogens (tertiary/aromatic N) is 4. The predicted molar refractivity (Wildman–Crippen MR) is 92.6 cm³/mol. The smallest absolute Gasteiger partial charge is 0.246 e. The van der Waals surface area contributed by atoms with Crippen LogP contribution < -0.4 is 10.1 Å². The highest BCUT2D eigenvalue weighted by molar-refractivity contribution is 7.71. The number of hydrogen-bond donors (Lipinski definition) is 1. The number of nitrogens with one attached hydrogen (secondary N) is 1. The Bertz CT molecular complexity index is 894. The number of aryl methyl sites for hydroxylation is 1. The minimum absolute atomic E-state index is 0.0416. The summed E-state index contributed by atoms with van der Waals surface area (Å²) in [7, 11) is 1.60. The minimum atomic E-state index is -0.201. The SMILES string of the molecule is COc1ccc(NC(=O)Cn2nc(C)n(-n3cccc3)c2=S)cc1. The zero-order valence-corrected chi connectivity index (χ0v) is 14.2. The highest BCUT2D eigenvalue weighted by atomic mass is 32.1. The predicted octanol–water partition coefficient (Wildman–Crippen LogP) is 2.48. The molecular weight excluding hydrogens is 326 g/mol. The van der Waals surface area contributed by atoms with Gasteiger partial charge >= 0.3 is 0 Å². The number of hydrogen-bond acceptors (Lipinski definition) is 4. The van der Waals surface area contributed by atoms with Gasteiger partial charge < -0.3 is 10.1 Å². The summed E-state index contributed by atoms with van der Waals surface area (Å²) in [6, 6.07) is 10.9. The molecule has 3 aromatic rings. The second-order valence-corrected chi connectivity index (χ2v) is 5.50. The van der Waals surface area contributed by atoms with E-state index < -0.39 is 0 Å². The van der Waals surface area contributed by atoms with Gasteiger partial charge in [0.05, 0.1) is 7.11 Å². The summed E-state index contributed by atoms with van der Waals surface area (Å²) in [5.41, 5.74) is 0.689. The van der Waals surface area contributed by atoms with E-state index in [-0.39, 0.29) is 12.5 Å². The fourth-order valence-electron chi connectivity index (χ4n) is 2.35. The van der Waals surface area contributed by atoms with Crippen molar-refractivity contribution in [2.45, 2.75) is 13.5 Å². The lowest BCUT2D eigenvalue weighted by atomic mass is 10.3. The van der Waals surface area contributed by atoms with Gasteiger partial charge in [0.15, 0.2) is 0 Å². The van der Waals surface area contributed by atoms with Crippen molar-refractivity contribution < 1.29 is 9.53 Å². The zero-order chi connectivity index (χ0) is 17.1. The van der Waals surface area contributed by atoms with E-state index in [1.54, 1.807) is 36.1 Å². The fraction of sp³-hybridized carbons (Fsp3) is 0.188. The van der Waals surface area contributed by atoms with Crippen molar-refractivity contribution in [3.05, 3.63) is 59.4 Å². The molecule has 1 amide bonds. The maximum absolute atomic E-state index is 12.2. The molecule has 3 rings (SSSR count). The van der Waals surface area contributed by atoms with Gasteiger partial charge in [0, 0.05) is 18.1 Å². The molecule has 124 valence electrons. The summed E-state index contributed by atoms with van der Waals surface area (Å²) in [4.78, 5) is 12.2. The number of aromatic nitrogens is 4. The van der Waals surface area contributed by atoms with Crippen LogP contribution in [0.15, 0.2) is 48.8 Å². The molecule has 0 saturated carbocycles. The van der Waals surface area contributed by atoms with Crippen LogP contribution in [0.1, 0.15) is 5.82 Å². The zero-order valence-electron chi connectivity index (χ0n) is 13.3. The van der Waals surface area contributed by atoms with Gasteiger partial charge in [0.2, 0.25) is 10.7 Å². The van der Waals surface area contributed by atoms with Crippen LogP contribution in [0.3, 0.4) is 0 Å². The average molecular weight is 343 g/mol. The molecule has 7 nitrogen and oxygen atoms in total. The lowest BCUT2D eigenvalue weighted by molar-refractivity contribution is -0.116. The average Bonchev–Trinajstić information content (AvgIpc) is 3.17. The Kier molecular flexibility index (Phi) is 4.48. The number of methoxy groups -OCH3 is 1. The van der Waals surface area contributed by atoms with Crippen LogP contribution >= 0.6 is 12.2 Å². The molecule has 1 aromatic carbocycles. The molecule has 0 aliphatic rings. The molecule has 0 spiro atoms. The van der Waals surface area contributed by atoms with E-state index >= 15 is 0 Å². The molecule has 0 fully saturated rings. The normalized spacial score (nSPS) is 10.6. The molecule has 2 heterocycles. The summed E-state index contributed by atoms with van der Waals surface area (Å²) >= 11 is 5.42. The van der Waals surface area contributed by atoms with Gasteiger partial charge in [-0.2, -0.15) is 5.10 Å². The Morgan fingerprint density at radius 1 is 1.25 bits per heavy atom. The van der Waals surface area contributed by atoms with Crippen molar-refractivity contribution in [2.75, 3.05) is 12.4 Å². The number of ether oxygens (including phenoxy) is 1. The molecule has 0 bridgehead atoms. The minimum Gasteiger partial charge on any atom is -0.497 e. The largest absolute Gasteiger partial charge is 0.497 e. The molecule has 0 atom stereocenters. The summed E-state index contributed by atoms with van der Waals surface area (Å²) in [6.45, 7) is 1.88. The van der Waals surface area contributed by atoms with Crippen LogP contribution in [0, 0.1) is 11.7 Å².